The minimum absolute atomic E-state index is 0.0832. The van der Waals surface area contributed by atoms with Gasteiger partial charge in [0.2, 0.25) is 0 Å². The molecule has 0 radical (unpaired) electrons. The number of ether oxygens (including phenoxy) is 1. The second-order valence-corrected chi connectivity index (χ2v) is 4.01. The first kappa shape index (κ1) is 13.5. The number of aliphatic carboxylic acids is 1. The van der Waals surface area contributed by atoms with Crippen LogP contribution in [0, 0.1) is 0 Å². The number of rotatable bonds is 6. The maximum absolute atomic E-state index is 10.5. The Balaban J connectivity index is 2.84. The molecule has 0 aliphatic rings. The summed E-state index contributed by atoms with van der Waals surface area (Å²) in [5.41, 5.74) is 8.05. The Morgan fingerprint density at radius 2 is 2.18 bits per heavy atom. The van der Waals surface area contributed by atoms with Crippen molar-refractivity contribution in [1.82, 2.24) is 0 Å². The Bertz CT molecular complexity index is 368. The van der Waals surface area contributed by atoms with E-state index in [2.05, 4.69) is 6.92 Å². The molecule has 17 heavy (non-hydrogen) atoms. The number of carboxylic acids is 1. The van der Waals surface area contributed by atoms with Crippen molar-refractivity contribution >= 4 is 5.97 Å². The molecule has 0 aliphatic heterocycles. The predicted octanol–water partition coefficient (Wildman–Crippen LogP) is 2.12. The number of carboxylic acid groups (broad SMARTS) is 1. The molecule has 1 unspecified atom stereocenters. The topological polar surface area (TPSA) is 72.5 Å². The van der Waals surface area contributed by atoms with Crippen LogP contribution in [0.15, 0.2) is 18.2 Å². The van der Waals surface area contributed by atoms with E-state index in [4.69, 9.17) is 15.6 Å². The number of hydrogen-bond acceptors (Lipinski definition) is 3. The van der Waals surface area contributed by atoms with Gasteiger partial charge in [-0.15, -0.1) is 0 Å². The molecule has 0 bridgehead atoms. The number of nitrogens with two attached hydrogens (primary N) is 1. The molecule has 94 valence electrons. The second kappa shape index (κ2) is 6.25. The molecule has 1 aromatic rings. The van der Waals surface area contributed by atoms with E-state index in [1.807, 2.05) is 18.2 Å². The number of aryl methyl sites for hydroxylation is 1. The Kier molecular flexibility index (Phi) is 4.97. The highest BCUT2D eigenvalue weighted by Gasteiger charge is 2.10. The molecule has 1 atom stereocenters. The zero-order valence-electron chi connectivity index (χ0n) is 10.3. The minimum atomic E-state index is -0.820. The molecule has 4 nitrogen and oxygen atoms in total. The third kappa shape index (κ3) is 4.07. The van der Waals surface area contributed by atoms with E-state index in [9.17, 15) is 4.79 Å². The van der Waals surface area contributed by atoms with Crippen LogP contribution in [-0.2, 0) is 11.2 Å². The van der Waals surface area contributed by atoms with Crippen molar-refractivity contribution in [3.63, 3.8) is 0 Å². The fraction of sp³-hybridized carbons (Fsp3) is 0.462. The van der Waals surface area contributed by atoms with Crippen LogP contribution in [0.4, 0.5) is 0 Å². The van der Waals surface area contributed by atoms with Crippen molar-refractivity contribution in [2.75, 3.05) is 7.11 Å². The van der Waals surface area contributed by atoms with Gasteiger partial charge in [0.1, 0.15) is 5.75 Å². The van der Waals surface area contributed by atoms with Gasteiger partial charge in [-0.1, -0.05) is 13.0 Å². The molecular weight excluding hydrogens is 218 g/mol. The normalized spacial score (nSPS) is 12.2. The zero-order chi connectivity index (χ0) is 12.8. The first-order valence-electron chi connectivity index (χ1n) is 5.72. The van der Waals surface area contributed by atoms with Crippen LogP contribution < -0.4 is 10.5 Å². The molecule has 0 aromatic heterocycles. The number of benzene rings is 1. The van der Waals surface area contributed by atoms with Crippen LogP contribution in [0.1, 0.15) is 36.9 Å². The molecule has 1 aromatic carbocycles. The van der Waals surface area contributed by atoms with Crippen molar-refractivity contribution in [1.29, 1.82) is 0 Å². The smallest absolute Gasteiger partial charge is 0.303 e. The first-order valence-corrected chi connectivity index (χ1v) is 5.72. The van der Waals surface area contributed by atoms with Gasteiger partial charge in [-0.2, -0.15) is 0 Å². The van der Waals surface area contributed by atoms with Crippen molar-refractivity contribution in [3.05, 3.63) is 29.3 Å². The highest BCUT2D eigenvalue weighted by molar-refractivity contribution is 5.66. The summed E-state index contributed by atoms with van der Waals surface area (Å²) in [5.74, 6) is -0.0517. The minimum Gasteiger partial charge on any atom is -0.497 e. The van der Waals surface area contributed by atoms with E-state index in [0.29, 0.717) is 6.42 Å². The molecule has 3 N–H and O–H groups in total. The quantitative estimate of drug-likeness (QED) is 0.795. The summed E-state index contributed by atoms with van der Waals surface area (Å²) < 4.78 is 5.20. The number of hydrogen-bond donors (Lipinski definition) is 2. The largest absolute Gasteiger partial charge is 0.497 e. The molecule has 0 spiro atoms. The first-order chi connectivity index (χ1) is 8.06. The molecule has 1 rings (SSSR count). The van der Waals surface area contributed by atoms with Crippen LogP contribution in [0.25, 0.3) is 0 Å². The van der Waals surface area contributed by atoms with Gasteiger partial charge < -0.3 is 15.6 Å². The maximum Gasteiger partial charge on any atom is 0.303 e. The molecule has 0 amide bonds. The van der Waals surface area contributed by atoms with Gasteiger partial charge >= 0.3 is 5.97 Å². The standard InChI is InChI=1S/C13H19NO3/c1-3-9-6-10(8-11(7-9)17-2)12(14)4-5-13(15)16/h6-8,12H,3-5,14H2,1-2H3,(H,15,16). The molecule has 0 saturated carbocycles. The summed E-state index contributed by atoms with van der Waals surface area (Å²) in [5, 5.41) is 8.63. The van der Waals surface area contributed by atoms with Crippen LogP contribution in [0.5, 0.6) is 5.75 Å². The van der Waals surface area contributed by atoms with Gasteiger partial charge in [0.25, 0.3) is 0 Å². The van der Waals surface area contributed by atoms with Gasteiger partial charge in [0.15, 0.2) is 0 Å². The lowest BCUT2D eigenvalue weighted by Gasteiger charge is -2.14. The van der Waals surface area contributed by atoms with E-state index in [0.717, 1.165) is 23.3 Å². The second-order valence-electron chi connectivity index (χ2n) is 4.01. The Labute approximate surface area is 101 Å². The van der Waals surface area contributed by atoms with Crippen molar-refractivity contribution < 1.29 is 14.6 Å². The molecule has 0 fully saturated rings. The van der Waals surface area contributed by atoms with E-state index < -0.39 is 5.97 Å². The van der Waals surface area contributed by atoms with Crippen molar-refractivity contribution in [2.24, 2.45) is 5.73 Å². The van der Waals surface area contributed by atoms with E-state index in [1.54, 1.807) is 7.11 Å². The number of carbonyl (C=O) groups is 1. The summed E-state index contributed by atoms with van der Waals surface area (Å²) >= 11 is 0. The van der Waals surface area contributed by atoms with E-state index in [1.165, 1.54) is 0 Å². The van der Waals surface area contributed by atoms with E-state index in [-0.39, 0.29) is 12.5 Å². The third-order valence-electron chi connectivity index (χ3n) is 2.73. The maximum atomic E-state index is 10.5. The zero-order valence-corrected chi connectivity index (χ0v) is 10.3. The molecular formula is C13H19NO3. The summed E-state index contributed by atoms with van der Waals surface area (Å²) in [4.78, 5) is 10.5. The van der Waals surface area contributed by atoms with Crippen molar-refractivity contribution in [2.45, 2.75) is 32.2 Å². The predicted molar refractivity (Wildman–Crippen MR) is 66.2 cm³/mol. The lowest BCUT2D eigenvalue weighted by Crippen LogP contribution is -2.12. The number of methoxy groups -OCH3 is 1. The Morgan fingerprint density at radius 3 is 2.71 bits per heavy atom. The summed E-state index contributed by atoms with van der Waals surface area (Å²) in [6.07, 6.45) is 1.42. The summed E-state index contributed by atoms with van der Waals surface area (Å²) in [6, 6.07) is 5.58. The monoisotopic (exact) mass is 237 g/mol. The molecule has 0 saturated heterocycles. The summed E-state index contributed by atoms with van der Waals surface area (Å²) in [6.45, 7) is 2.06. The average molecular weight is 237 g/mol. The van der Waals surface area contributed by atoms with Gasteiger partial charge in [-0.25, -0.2) is 0 Å². The fourth-order valence-corrected chi connectivity index (χ4v) is 1.67. The highest BCUT2D eigenvalue weighted by Crippen LogP contribution is 2.23. The van der Waals surface area contributed by atoms with E-state index >= 15 is 0 Å². The molecule has 0 aliphatic carbocycles. The highest BCUT2D eigenvalue weighted by atomic mass is 16.5. The Morgan fingerprint density at radius 1 is 1.47 bits per heavy atom. The van der Waals surface area contributed by atoms with Gasteiger partial charge in [-0.3, -0.25) is 4.79 Å². The van der Waals surface area contributed by atoms with Crippen LogP contribution in [0.3, 0.4) is 0 Å². The van der Waals surface area contributed by atoms with Crippen molar-refractivity contribution in [3.8, 4) is 5.75 Å². The lowest BCUT2D eigenvalue weighted by molar-refractivity contribution is -0.137. The van der Waals surface area contributed by atoms with Gasteiger partial charge in [-0.05, 0) is 36.1 Å². The SMILES string of the molecule is CCc1cc(OC)cc(C(N)CCC(=O)O)c1. The summed E-state index contributed by atoms with van der Waals surface area (Å²) in [7, 11) is 1.61. The van der Waals surface area contributed by atoms with Gasteiger partial charge in [0.05, 0.1) is 7.11 Å². The molecule has 0 heterocycles. The fourth-order valence-electron chi connectivity index (χ4n) is 1.67. The molecule has 4 heteroatoms. The van der Waals surface area contributed by atoms with Crippen LogP contribution in [-0.4, -0.2) is 18.2 Å². The van der Waals surface area contributed by atoms with Gasteiger partial charge in [0, 0.05) is 12.5 Å². The third-order valence-corrected chi connectivity index (χ3v) is 2.73. The average Bonchev–Trinajstić information content (AvgIpc) is 2.34. The van der Waals surface area contributed by atoms with Crippen LogP contribution >= 0.6 is 0 Å². The van der Waals surface area contributed by atoms with Crippen LogP contribution in [0.2, 0.25) is 0 Å². The Hall–Kier alpha value is -1.55. The lowest BCUT2D eigenvalue weighted by atomic mass is 9.99.